The van der Waals surface area contributed by atoms with Gasteiger partial charge in [0.05, 0.1) is 5.41 Å². The van der Waals surface area contributed by atoms with E-state index in [9.17, 15) is 9.90 Å². The maximum absolute atomic E-state index is 11.3. The molecule has 0 amide bonds. The van der Waals surface area contributed by atoms with Crippen LogP contribution < -0.4 is 0 Å². The van der Waals surface area contributed by atoms with Crippen LogP contribution >= 0.6 is 0 Å². The molecular formula is C12H20O2. The summed E-state index contributed by atoms with van der Waals surface area (Å²) in [4.78, 5) is 11.3. The molecule has 1 fully saturated rings. The lowest BCUT2D eigenvalue weighted by Gasteiger charge is -2.26. The molecule has 0 aromatic rings. The lowest BCUT2D eigenvalue weighted by atomic mass is 9.77. The van der Waals surface area contributed by atoms with Gasteiger partial charge in [0.2, 0.25) is 0 Å². The number of hydrogen-bond acceptors (Lipinski definition) is 1. The Morgan fingerprint density at radius 3 is 2.29 bits per heavy atom. The van der Waals surface area contributed by atoms with Crippen LogP contribution in [-0.4, -0.2) is 11.1 Å². The van der Waals surface area contributed by atoms with Crippen molar-refractivity contribution in [1.29, 1.82) is 0 Å². The van der Waals surface area contributed by atoms with Crippen molar-refractivity contribution in [3.8, 4) is 0 Å². The first-order valence-corrected chi connectivity index (χ1v) is 5.56. The molecule has 0 bridgehead atoms. The van der Waals surface area contributed by atoms with E-state index in [1.165, 1.54) is 12.8 Å². The smallest absolute Gasteiger partial charge is 0.309 e. The Hall–Kier alpha value is -0.790. The van der Waals surface area contributed by atoms with Crippen LogP contribution in [0.4, 0.5) is 0 Å². The van der Waals surface area contributed by atoms with Gasteiger partial charge in [0.1, 0.15) is 0 Å². The quantitative estimate of drug-likeness (QED) is 0.555. The van der Waals surface area contributed by atoms with Crippen molar-refractivity contribution in [2.45, 2.75) is 51.9 Å². The first kappa shape index (κ1) is 11.3. The number of rotatable bonds is 3. The molecule has 1 N–H and O–H groups in total. The molecule has 0 aliphatic heterocycles. The minimum Gasteiger partial charge on any atom is -0.481 e. The van der Waals surface area contributed by atoms with Crippen molar-refractivity contribution in [2.75, 3.05) is 0 Å². The van der Waals surface area contributed by atoms with Crippen LogP contribution in [0.3, 0.4) is 0 Å². The van der Waals surface area contributed by atoms with Crippen molar-refractivity contribution in [3.05, 3.63) is 12.2 Å². The number of hydrogen-bond donors (Lipinski definition) is 1. The zero-order chi connectivity index (χ0) is 10.4. The highest BCUT2D eigenvalue weighted by Gasteiger charge is 2.37. The van der Waals surface area contributed by atoms with Crippen LogP contribution in [0.5, 0.6) is 0 Å². The number of aliphatic carboxylic acids is 1. The number of allylic oxidation sites excluding steroid dienone is 2. The van der Waals surface area contributed by atoms with E-state index in [-0.39, 0.29) is 0 Å². The molecule has 0 radical (unpaired) electrons. The standard InChI is InChI=1S/C12H20O2/c1-2-3-8-12(11(13)14)9-6-4-5-7-10-12/h2-3H,4-10H2,1H3,(H,13,14). The van der Waals surface area contributed by atoms with Crippen LogP contribution in [-0.2, 0) is 4.79 Å². The second-order valence-electron chi connectivity index (χ2n) is 4.27. The van der Waals surface area contributed by atoms with Gasteiger partial charge in [-0.05, 0) is 26.2 Å². The Balaban J connectivity index is 2.72. The Morgan fingerprint density at radius 2 is 1.86 bits per heavy atom. The maximum Gasteiger partial charge on any atom is 0.309 e. The van der Waals surface area contributed by atoms with Gasteiger partial charge in [0, 0.05) is 0 Å². The molecule has 0 aromatic carbocycles. The molecule has 2 nitrogen and oxygen atoms in total. The first-order valence-electron chi connectivity index (χ1n) is 5.56. The topological polar surface area (TPSA) is 37.3 Å². The van der Waals surface area contributed by atoms with Crippen molar-refractivity contribution in [1.82, 2.24) is 0 Å². The van der Waals surface area contributed by atoms with E-state index >= 15 is 0 Å². The van der Waals surface area contributed by atoms with Crippen molar-refractivity contribution in [2.24, 2.45) is 5.41 Å². The first-order chi connectivity index (χ1) is 6.71. The third-order valence-corrected chi connectivity index (χ3v) is 3.26. The zero-order valence-corrected chi connectivity index (χ0v) is 8.96. The van der Waals surface area contributed by atoms with Gasteiger partial charge in [0.15, 0.2) is 0 Å². The zero-order valence-electron chi connectivity index (χ0n) is 8.96. The summed E-state index contributed by atoms with van der Waals surface area (Å²) in [6, 6.07) is 0. The highest BCUT2D eigenvalue weighted by Crippen LogP contribution is 2.38. The van der Waals surface area contributed by atoms with Gasteiger partial charge in [-0.3, -0.25) is 4.79 Å². The molecule has 14 heavy (non-hydrogen) atoms. The fourth-order valence-electron chi connectivity index (χ4n) is 2.25. The molecule has 1 saturated carbocycles. The van der Waals surface area contributed by atoms with Gasteiger partial charge in [-0.25, -0.2) is 0 Å². The predicted octanol–water partition coefficient (Wildman–Crippen LogP) is 3.38. The summed E-state index contributed by atoms with van der Waals surface area (Å²) < 4.78 is 0. The molecule has 80 valence electrons. The summed E-state index contributed by atoms with van der Waals surface area (Å²) in [5, 5.41) is 9.31. The SMILES string of the molecule is CC=CCC1(C(=O)O)CCCCCC1. The Bertz CT molecular complexity index is 210. The van der Waals surface area contributed by atoms with Crippen LogP contribution in [0, 0.1) is 5.41 Å². The fourth-order valence-corrected chi connectivity index (χ4v) is 2.25. The van der Waals surface area contributed by atoms with Gasteiger partial charge in [-0.2, -0.15) is 0 Å². The number of carbonyl (C=O) groups is 1. The van der Waals surface area contributed by atoms with Crippen molar-refractivity contribution < 1.29 is 9.90 Å². The summed E-state index contributed by atoms with van der Waals surface area (Å²) in [5.74, 6) is -0.600. The predicted molar refractivity (Wildman–Crippen MR) is 57.2 cm³/mol. The van der Waals surface area contributed by atoms with Crippen LogP contribution in [0.2, 0.25) is 0 Å². The lowest BCUT2D eigenvalue weighted by Crippen LogP contribution is -2.29. The Kier molecular flexibility index (Phi) is 4.18. The summed E-state index contributed by atoms with van der Waals surface area (Å²) in [6.45, 7) is 1.95. The largest absolute Gasteiger partial charge is 0.481 e. The van der Waals surface area contributed by atoms with E-state index in [0.29, 0.717) is 6.42 Å². The van der Waals surface area contributed by atoms with Crippen LogP contribution in [0.15, 0.2) is 12.2 Å². The molecule has 1 aliphatic rings. The Labute approximate surface area is 86.0 Å². The molecule has 1 aliphatic carbocycles. The second kappa shape index (κ2) is 5.18. The number of carboxylic acids is 1. The fraction of sp³-hybridized carbons (Fsp3) is 0.750. The average Bonchev–Trinajstić information content (AvgIpc) is 2.41. The molecular weight excluding hydrogens is 176 g/mol. The third-order valence-electron chi connectivity index (χ3n) is 3.26. The van der Waals surface area contributed by atoms with Crippen molar-refractivity contribution >= 4 is 5.97 Å². The minimum atomic E-state index is -0.600. The summed E-state index contributed by atoms with van der Waals surface area (Å²) in [7, 11) is 0. The van der Waals surface area contributed by atoms with E-state index in [1.807, 2.05) is 19.1 Å². The van der Waals surface area contributed by atoms with Crippen LogP contribution in [0.1, 0.15) is 51.9 Å². The third kappa shape index (κ3) is 2.60. The monoisotopic (exact) mass is 196 g/mol. The van der Waals surface area contributed by atoms with Crippen molar-refractivity contribution in [3.63, 3.8) is 0 Å². The molecule has 0 atom stereocenters. The highest BCUT2D eigenvalue weighted by atomic mass is 16.4. The van der Waals surface area contributed by atoms with Crippen LogP contribution in [0.25, 0.3) is 0 Å². The molecule has 1 rings (SSSR count). The van der Waals surface area contributed by atoms with Gasteiger partial charge < -0.3 is 5.11 Å². The summed E-state index contributed by atoms with van der Waals surface area (Å²) in [6.07, 6.45) is 10.9. The maximum atomic E-state index is 11.3. The minimum absolute atomic E-state index is 0.455. The highest BCUT2D eigenvalue weighted by molar-refractivity contribution is 5.74. The van der Waals surface area contributed by atoms with Gasteiger partial charge >= 0.3 is 5.97 Å². The molecule has 0 heterocycles. The molecule has 0 spiro atoms. The summed E-state index contributed by atoms with van der Waals surface area (Å²) >= 11 is 0. The van der Waals surface area contributed by atoms with E-state index in [1.54, 1.807) is 0 Å². The van der Waals surface area contributed by atoms with Gasteiger partial charge in [0.25, 0.3) is 0 Å². The number of carboxylic acid groups (broad SMARTS) is 1. The average molecular weight is 196 g/mol. The van der Waals surface area contributed by atoms with Gasteiger partial charge in [-0.15, -0.1) is 0 Å². The second-order valence-corrected chi connectivity index (χ2v) is 4.27. The summed E-state index contributed by atoms with van der Waals surface area (Å²) in [5.41, 5.74) is -0.455. The van der Waals surface area contributed by atoms with Gasteiger partial charge in [-0.1, -0.05) is 37.8 Å². The molecule has 2 heteroatoms. The normalized spacial score (nSPS) is 22.1. The van der Waals surface area contributed by atoms with E-state index in [2.05, 4.69) is 0 Å². The molecule has 0 unspecified atom stereocenters. The Morgan fingerprint density at radius 1 is 1.29 bits per heavy atom. The van der Waals surface area contributed by atoms with E-state index in [4.69, 9.17) is 0 Å². The molecule has 0 aromatic heterocycles. The van der Waals surface area contributed by atoms with E-state index < -0.39 is 11.4 Å². The lowest BCUT2D eigenvalue weighted by molar-refractivity contribution is -0.149. The van der Waals surface area contributed by atoms with E-state index in [0.717, 1.165) is 25.7 Å². The molecule has 0 saturated heterocycles.